The van der Waals surface area contributed by atoms with E-state index in [1.807, 2.05) is 26.0 Å². The summed E-state index contributed by atoms with van der Waals surface area (Å²) in [6.07, 6.45) is 0. The first kappa shape index (κ1) is 15.4. The number of aromatic amines is 2. The van der Waals surface area contributed by atoms with Crippen molar-refractivity contribution in [3.63, 3.8) is 0 Å². The van der Waals surface area contributed by atoms with Crippen LogP contribution in [0.15, 0.2) is 42.5 Å². The molecule has 126 valence electrons. The Morgan fingerprint density at radius 1 is 1.04 bits per heavy atom. The second-order valence-corrected chi connectivity index (χ2v) is 6.37. The molecule has 0 atom stereocenters. The van der Waals surface area contributed by atoms with Gasteiger partial charge in [-0.15, -0.1) is 0 Å². The highest BCUT2D eigenvalue weighted by molar-refractivity contribution is 6.08. The first-order valence-corrected chi connectivity index (χ1v) is 8.15. The lowest BCUT2D eigenvalue weighted by molar-refractivity contribution is 0.0952. The second kappa shape index (κ2) is 5.77. The van der Waals surface area contributed by atoms with Gasteiger partial charge in [0.15, 0.2) is 0 Å². The number of H-pyrrole nitrogens is 2. The predicted molar refractivity (Wildman–Crippen MR) is 97.2 cm³/mol. The molecule has 4 nitrogen and oxygen atoms in total. The largest absolute Gasteiger partial charge is 0.359 e. The highest BCUT2D eigenvalue weighted by atomic mass is 19.1. The van der Waals surface area contributed by atoms with Crippen LogP contribution in [0, 0.1) is 19.7 Å². The van der Waals surface area contributed by atoms with Crippen molar-refractivity contribution in [2.75, 3.05) is 0 Å². The number of carbonyl (C=O) groups is 1. The van der Waals surface area contributed by atoms with E-state index in [9.17, 15) is 9.18 Å². The van der Waals surface area contributed by atoms with Crippen molar-refractivity contribution in [2.45, 2.75) is 20.4 Å². The van der Waals surface area contributed by atoms with E-state index < -0.39 is 0 Å². The van der Waals surface area contributed by atoms with Crippen LogP contribution in [0.4, 0.5) is 4.39 Å². The van der Waals surface area contributed by atoms with E-state index in [4.69, 9.17) is 0 Å². The molecule has 0 spiro atoms. The summed E-state index contributed by atoms with van der Waals surface area (Å²) in [4.78, 5) is 19.0. The van der Waals surface area contributed by atoms with Crippen molar-refractivity contribution in [1.82, 2.24) is 15.3 Å². The first-order valence-electron chi connectivity index (χ1n) is 8.15. The Hall–Kier alpha value is -3.08. The molecule has 2 aromatic carbocycles. The number of amides is 1. The fourth-order valence-electron chi connectivity index (χ4n) is 3.30. The fraction of sp³-hybridized carbons (Fsp3) is 0.150. The molecule has 0 radical (unpaired) electrons. The zero-order valence-electron chi connectivity index (χ0n) is 14.0. The van der Waals surface area contributed by atoms with Gasteiger partial charge in [0.1, 0.15) is 5.82 Å². The Labute approximate surface area is 144 Å². The summed E-state index contributed by atoms with van der Waals surface area (Å²) >= 11 is 0. The summed E-state index contributed by atoms with van der Waals surface area (Å²) in [7, 11) is 0. The third kappa shape index (κ3) is 2.78. The average Bonchev–Trinajstić information content (AvgIpc) is 3.09. The summed E-state index contributed by atoms with van der Waals surface area (Å²) in [5.74, 6) is -0.562. The number of carbonyl (C=O) groups excluding carboxylic acids is 1. The molecule has 0 saturated carbocycles. The number of rotatable bonds is 3. The molecule has 2 aromatic heterocycles. The third-order valence-electron chi connectivity index (χ3n) is 4.45. The Kier molecular flexibility index (Phi) is 3.57. The SMILES string of the molecule is Cc1cc2cc(CNC(=O)c3c(C)[nH]c4ccc(F)cc34)ccc2[nH]1. The Bertz CT molecular complexity index is 1110. The minimum absolute atomic E-state index is 0.209. The van der Waals surface area contributed by atoms with Gasteiger partial charge in [-0.05, 0) is 61.2 Å². The lowest BCUT2D eigenvalue weighted by atomic mass is 10.1. The molecule has 0 saturated heterocycles. The molecule has 0 unspecified atom stereocenters. The molecule has 3 N–H and O–H groups in total. The van der Waals surface area contributed by atoms with Gasteiger partial charge in [-0.25, -0.2) is 4.39 Å². The Morgan fingerprint density at radius 2 is 1.84 bits per heavy atom. The van der Waals surface area contributed by atoms with E-state index in [1.165, 1.54) is 12.1 Å². The van der Waals surface area contributed by atoms with Crippen molar-refractivity contribution in [3.05, 3.63) is 70.8 Å². The number of fused-ring (bicyclic) bond motifs is 2. The van der Waals surface area contributed by atoms with Crippen LogP contribution in [-0.2, 0) is 6.54 Å². The van der Waals surface area contributed by atoms with Gasteiger partial charge < -0.3 is 15.3 Å². The molecular weight excluding hydrogens is 317 g/mol. The minimum Gasteiger partial charge on any atom is -0.359 e. The maximum atomic E-state index is 13.5. The number of aryl methyl sites for hydroxylation is 2. The Morgan fingerprint density at radius 3 is 2.68 bits per heavy atom. The average molecular weight is 335 g/mol. The van der Waals surface area contributed by atoms with Gasteiger partial charge in [0.2, 0.25) is 0 Å². The van der Waals surface area contributed by atoms with Crippen LogP contribution < -0.4 is 5.32 Å². The molecular formula is C20H18FN3O. The van der Waals surface area contributed by atoms with Gasteiger partial charge in [-0.2, -0.15) is 0 Å². The number of hydrogen-bond donors (Lipinski definition) is 3. The maximum absolute atomic E-state index is 13.5. The highest BCUT2D eigenvalue weighted by Crippen LogP contribution is 2.23. The summed E-state index contributed by atoms with van der Waals surface area (Å²) in [5.41, 5.74) is 5.18. The zero-order chi connectivity index (χ0) is 17.6. The lowest BCUT2D eigenvalue weighted by Gasteiger charge is -2.06. The molecule has 1 amide bonds. The molecule has 4 rings (SSSR count). The number of hydrogen-bond acceptors (Lipinski definition) is 1. The normalized spacial score (nSPS) is 11.3. The molecule has 2 heterocycles. The zero-order valence-corrected chi connectivity index (χ0v) is 14.0. The van der Waals surface area contributed by atoms with Crippen molar-refractivity contribution in [1.29, 1.82) is 0 Å². The standard InChI is InChI=1S/C20H18FN3O/c1-11-7-14-8-13(3-5-17(14)23-11)10-22-20(25)19-12(2)24-18-6-4-15(21)9-16(18)19/h3-9,23-24H,10H2,1-2H3,(H,22,25). The lowest BCUT2D eigenvalue weighted by Crippen LogP contribution is -2.23. The molecule has 0 aliphatic rings. The van der Waals surface area contributed by atoms with Gasteiger partial charge in [0.25, 0.3) is 5.91 Å². The van der Waals surface area contributed by atoms with Gasteiger partial charge >= 0.3 is 0 Å². The molecule has 0 aliphatic heterocycles. The fourth-order valence-corrected chi connectivity index (χ4v) is 3.30. The van der Waals surface area contributed by atoms with Gasteiger partial charge in [-0.3, -0.25) is 4.79 Å². The van der Waals surface area contributed by atoms with Crippen LogP contribution >= 0.6 is 0 Å². The van der Waals surface area contributed by atoms with Crippen molar-refractivity contribution in [3.8, 4) is 0 Å². The van der Waals surface area contributed by atoms with Crippen LogP contribution in [0.25, 0.3) is 21.8 Å². The molecule has 0 fully saturated rings. The van der Waals surface area contributed by atoms with E-state index in [0.717, 1.165) is 33.4 Å². The minimum atomic E-state index is -0.353. The molecule has 0 bridgehead atoms. The second-order valence-electron chi connectivity index (χ2n) is 6.37. The van der Waals surface area contributed by atoms with Gasteiger partial charge in [0, 0.05) is 34.4 Å². The molecule has 4 aromatic rings. The highest BCUT2D eigenvalue weighted by Gasteiger charge is 2.16. The number of benzene rings is 2. The van der Waals surface area contributed by atoms with Crippen LogP contribution in [0.5, 0.6) is 0 Å². The first-order chi connectivity index (χ1) is 12.0. The van der Waals surface area contributed by atoms with Crippen LogP contribution in [0.1, 0.15) is 27.3 Å². The predicted octanol–water partition coefficient (Wildman–Crippen LogP) is 4.34. The summed E-state index contributed by atoms with van der Waals surface area (Å²) in [6.45, 7) is 4.25. The van der Waals surface area contributed by atoms with Gasteiger partial charge in [0.05, 0.1) is 5.56 Å². The molecule has 25 heavy (non-hydrogen) atoms. The van der Waals surface area contributed by atoms with E-state index >= 15 is 0 Å². The van der Waals surface area contributed by atoms with E-state index in [2.05, 4.69) is 27.4 Å². The van der Waals surface area contributed by atoms with E-state index in [1.54, 1.807) is 6.07 Å². The molecule has 5 heteroatoms. The van der Waals surface area contributed by atoms with Crippen molar-refractivity contribution >= 4 is 27.7 Å². The van der Waals surface area contributed by atoms with Crippen LogP contribution in [0.2, 0.25) is 0 Å². The topological polar surface area (TPSA) is 60.7 Å². The number of aromatic nitrogens is 2. The van der Waals surface area contributed by atoms with Crippen LogP contribution in [0.3, 0.4) is 0 Å². The third-order valence-corrected chi connectivity index (χ3v) is 4.45. The molecule has 0 aliphatic carbocycles. The van der Waals surface area contributed by atoms with Crippen molar-refractivity contribution < 1.29 is 9.18 Å². The van der Waals surface area contributed by atoms with E-state index in [-0.39, 0.29) is 11.7 Å². The maximum Gasteiger partial charge on any atom is 0.253 e. The van der Waals surface area contributed by atoms with Crippen LogP contribution in [-0.4, -0.2) is 15.9 Å². The number of nitrogens with one attached hydrogen (secondary N) is 3. The smallest absolute Gasteiger partial charge is 0.253 e. The number of halogens is 1. The summed E-state index contributed by atoms with van der Waals surface area (Å²) in [5, 5.41) is 4.66. The van der Waals surface area contributed by atoms with Crippen molar-refractivity contribution in [2.24, 2.45) is 0 Å². The quantitative estimate of drug-likeness (QED) is 0.512. The van der Waals surface area contributed by atoms with Gasteiger partial charge in [-0.1, -0.05) is 6.07 Å². The Balaban J connectivity index is 1.59. The monoisotopic (exact) mass is 335 g/mol. The summed E-state index contributed by atoms with van der Waals surface area (Å²) in [6, 6.07) is 12.6. The van der Waals surface area contributed by atoms with E-state index in [0.29, 0.717) is 17.5 Å². The summed E-state index contributed by atoms with van der Waals surface area (Å²) < 4.78 is 13.5.